The molecule has 0 radical (unpaired) electrons. The minimum atomic E-state index is -1.16. The predicted octanol–water partition coefficient (Wildman–Crippen LogP) is 2.53. The smallest absolute Gasteiger partial charge is 0.331 e. The number of aromatic nitrogens is 2. The van der Waals surface area contributed by atoms with Crippen molar-refractivity contribution < 1.29 is 19.1 Å². The van der Waals surface area contributed by atoms with Gasteiger partial charge in [0.1, 0.15) is 5.82 Å². The number of carbonyl (C=O) groups is 2. The zero-order valence-corrected chi connectivity index (χ0v) is 14.3. The molecule has 0 aliphatic heterocycles. The Hall–Kier alpha value is -2.70. The van der Waals surface area contributed by atoms with Crippen LogP contribution in [-0.2, 0) is 9.59 Å². The van der Waals surface area contributed by atoms with Gasteiger partial charge in [-0.05, 0) is 50.5 Å². The Bertz CT molecular complexity index is 829. The molecule has 1 aliphatic carbocycles. The Labute approximate surface area is 144 Å². The Balaban J connectivity index is 1.95. The van der Waals surface area contributed by atoms with Gasteiger partial charge in [-0.25, -0.2) is 13.9 Å². The van der Waals surface area contributed by atoms with Crippen LogP contribution in [0.2, 0.25) is 0 Å². The molecule has 1 aromatic heterocycles. The van der Waals surface area contributed by atoms with Gasteiger partial charge in [-0.2, -0.15) is 5.10 Å². The van der Waals surface area contributed by atoms with Crippen molar-refractivity contribution >= 4 is 11.9 Å². The Morgan fingerprint density at radius 1 is 1.32 bits per heavy atom. The minimum absolute atomic E-state index is 0.116. The molecule has 1 fully saturated rings. The normalized spacial score (nSPS) is 20.2. The van der Waals surface area contributed by atoms with E-state index in [0.29, 0.717) is 28.6 Å². The third kappa shape index (κ3) is 3.26. The molecule has 0 spiro atoms. The van der Waals surface area contributed by atoms with Crippen molar-refractivity contribution in [1.29, 1.82) is 0 Å². The maximum Gasteiger partial charge on any atom is 0.331 e. The lowest BCUT2D eigenvalue weighted by Crippen LogP contribution is -2.35. The lowest BCUT2D eigenvalue weighted by molar-refractivity contribution is -0.142. The maximum absolute atomic E-state index is 13.1. The highest BCUT2D eigenvalue weighted by molar-refractivity contribution is 5.87. The third-order valence-electron chi connectivity index (χ3n) is 4.69. The summed E-state index contributed by atoms with van der Waals surface area (Å²) in [4.78, 5) is 24.0. The fourth-order valence-electron chi connectivity index (χ4n) is 3.10. The zero-order valence-electron chi connectivity index (χ0n) is 14.3. The SMILES string of the molecule is Cc1nn(-c2ccc(F)cc2)c(C)c1C(NC(=O)C1CC1C)C(=O)O. The van der Waals surface area contributed by atoms with E-state index in [1.807, 2.05) is 6.92 Å². The van der Waals surface area contributed by atoms with Crippen LogP contribution < -0.4 is 5.32 Å². The second kappa shape index (κ2) is 6.31. The van der Waals surface area contributed by atoms with E-state index in [-0.39, 0.29) is 17.6 Å². The second-order valence-corrected chi connectivity index (χ2v) is 6.57. The van der Waals surface area contributed by atoms with Crippen molar-refractivity contribution in [1.82, 2.24) is 15.1 Å². The van der Waals surface area contributed by atoms with Gasteiger partial charge < -0.3 is 10.4 Å². The lowest BCUT2D eigenvalue weighted by Gasteiger charge is -2.15. The highest BCUT2D eigenvalue weighted by atomic mass is 19.1. The summed E-state index contributed by atoms with van der Waals surface area (Å²) in [6.45, 7) is 5.40. The van der Waals surface area contributed by atoms with Crippen molar-refractivity contribution in [2.24, 2.45) is 11.8 Å². The standard InChI is InChI=1S/C18H20FN3O3/c1-9-8-14(9)17(23)20-16(18(24)25)15-10(2)21-22(11(15)3)13-6-4-12(19)5-7-13/h4-7,9,14,16H,8H2,1-3H3,(H,20,23)(H,24,25). The van der Waals surface area contributed by atoms with Crippen LogP contribution in [0.15, 0.2) is 24.3 Å². The molecule has 3 atom stereocenters. The monoisotopic (exact) mass is 345 g/mol. The molecule has 1 amide bonds. The van der Waals surface area contributed by atoms with Crippen LogP contribution in [0.25, 0.3) is 5.69 Å². The Morgan fingerprint density at radius 2 is 1.92 bits per heavy atom. The van der Waals surface area contributed by atoms with Gasteiger partial charge in [-0.1, -0.05) is 6.92 Å². The van der Waals surface area contributed by atoms with E-state index in [4.69, 9.17) is 0 Å². The van der Waals surface area contributed by atoms with Crippen LogP contribution in [0.4, 0.5) is 4.39 Å². The van der Waals surface area contributed by atoms with E-state index in [2.05, 4.69) is 10.4 Å². The van der Waals surface area contributed by atoms with Gasteiger partial charge in [0, 0.05) is 17.2 Å². The van der Waals surface area contributed by atoms with Gasteiger partial charge in [-0.15, -0.1) is 0 Å². The van der Waals surface area contributed by atoms with Crippen LogP contribution >= 0.6 is 0 Å². The van der Waals surface area contributed by atoms with Gasteiger partial charge in [0.15, 0.2) is 6.04 Å². The summed E-state index contributed by atoms with van der Waals surface area (Å²) in [5.74, 6) is -1.56. The molecule has 1 aliphatic rings. The molecule has 0 saturated heterocycles. The molecule has 1 heterocycles. The summed E-state index contributed by atoms with van der Waals surface area (Å²) in [6, 6.07) is 4.61. The van der Waals surface area contributed by atoms with E-state index in [1.165, 1.54) is 12.1 Å². The van der Waals surface area contributed by atoms with E-state index in [1.54, 1.807) is 30.7 Å². The highest BCUT2D eigenvalue weighted by Crippen LogP contribution is 2.38. The van der Waals surface area contributed by atoms with Crippen LogP contribution in [0.5, 0.6) is 0 Å². The molecular weight excluding hydrogens is 325 g/mol. The van der Waals surface area contributed by atoms with E-state index in [9.17, 15) is 19.1 Å². The summed E-state index contributed by atoms with van der Waals surface area (Å²) in [6.07, 6.45) is 0.783. The quantitative estimate of drug-likeness (QED) is 0.872. The Kier molecular flexibility index (Phi) is 4.32. The predicted molar refractivity (Wildman–Crippen MR) is 88.8 cm³/mol. The average molecular weight is 345 g/mol. The first-order chi connectivity index (χ1) is 11.8. The first-order valence-corrected chi connectivity index (χ1v) is 8.14. The molecule has 7 heteroatoms. The van der Waals surface area contributed by atoms with Gasteiger partial charge in [-0.3, -0.25) is 4.79 Å². The number of aliphatic carboxylic acids is 1. The van der Waals surface area contributed by atoms with Gasteiger partial charge in [0.25, 0.3) is 0 Å². The number of hydrogen-bond donors (Lipinski definition) is 2. The number of halogens is 1. The minimum Gasteiger partial charge on any atom is -0.479 e. The fourth-order valence-corrected chi connectivity index (χ4v) is 3.10. The summed E-state index contributed by atoms with van der Waals surface area (Å²) < 4.78 is 14.7. The molecular formula is C18H20FN3O3. The number of aryl methyl sites for hydroxylation is 1. The summed E-state index contributed by atoms with van der Waals surface area (Å²) in [5, 5.41) is 16.6. The topological polar surface area (TPSA) is 84.2 Å². The number of amides is 1. The summed E-state index contributed by atoms with van der Waals surface area (Å²) >= 11 is 0. The number of carbonyl (C=O) groups excluding carboxylic acids is 1. The molecule has 132 valence electrons. The Morgan fingerprint density at radius 3 is 2.44 bits per heavy atom. The van der Waals surface area contributed by atoms with E-state index in [0.717, 1.165) is 6.42 Å². The number of benzene rings is 1. The first kappa shape index (κ1) is 17.1. The van der Waals surface area contributed by atoms with Crippen molar-refractivity contribution in [3.63, 3.8) is 0 Å². The van der Waals surface area contributed by atoms with Crippen LogP contribution in [-0.4, -0.2) is 26.8 Å². The largest absolute Gasteiger partial charge is 0.479 e. The van der Waals surface area contributed by atoms with Gasteiger partial charge >= 0.3 is 5.97 Å². The molecule has 25 heavy (non-hydrogen) atoms. The summed E-state index contributed by atoms with van der Waals surface area (Å²) in [5.41, 5.74) is 2.19. The third-order valence-corrected chi connectivity index (χ3v) is 4.69. The second-order valence-electron chi connectivity index (χ2n) is 6.57. The van der Waals surface area contributed by atoms with Crippen molar-refractivity contribution in [3.05, 3.63) is 47.0 Å². The van der Waals surface area contributed by atoms with Gasteiger partial charge in [0.2, 0.25) is 5.91 Å². The molecule has 3 rings (SSSR count). The van der Waals surface area contributed by atoms with Crippen LogP contribution in [0.1, 0.15) is 36.3 Å². The van der Waals surface area contributed by atoms with Crippen molar-refractivity contribution in [3.8, 4) is 5.69 Å². The average Bonchev–Trinajstić information content (AvgIpc) is 3.22. The molecule has 1 saturated carbocycles. The molecule has 1 aromatic carbocycles. The summed E-state index contributed by atoms with van der Waals surface area (Å²) in [7, 11) is 0. The first-order valence-electron chi connectivity index (χ1n) is 8.14. The van der Waals surface area contributed by atoms with E-state index >= 15 is 0 Å². The fraction of sp³-hybridized carbons (Fsp3) is 0.389. The van der Waals surface area contributed by atoms with Gasteiger partial charge in [0.05, 0.1) is 11.4 Å². The molecule has 0 bridgehead atoms. The van der Waals surface area contributed by atoms with Crippen LogP contribution in [0, 0.1) is 31.5 Å². The van der Waals surface area contributed by atoms with Crippen LogP contribution in [0.3, 0.4) is 0 Å². The zero-order chi connectivity index (χ0) is 18.3. The van der Waals surface area contributed by atoms with Crippen molar-refractivity contribution in [2.75, 3.05) is 0 Å². The van der Waals surface area contributed by atoms with E-state index < -0.39 is 12.0 Å². The molecule has 3 unspecified atom stereocenters. The maximum atomic E-state index is 13.1. The number of carboxylic acids is 1. The number of hydrogen-bond acceptors (Lipinski definition) is 3. The number of rotatable bonds is 5. The molecule has 2 N–H and O–H groups in total. The lowest BCUT2D eigenvalue weighted by atomic mass is 10.0. The molecule has 6 nitrogen and oxygen atoms in total. The number of nitrogens with zero attached hydrogens (tertiary/aromatic N) is 2. The number of carboxylic acid groups (broad SMARTS) is 1. The molecule has 2 aromatic rings. The number of nitrogens with one attached hydrogen (secondary N) is 1. The highest BCUT2D eigenvalue weighted by Gasteiger charge is 2.41. The van der Waals surface area contributed by atoms with Crippen molar-refractivity contribution in [2.45, 2.75) is 33.2 Å².